The number of unbranched alkanes of at least 4 members (excludes halogenated alkanes) is 4. The zero-order chi connectivity index (χ0) is 28.9. The summed E-state index contributed by atoms with van der Waals surface area (Å²) in [5, 5.41) is 5.52. The quantitative estimate of drug-likeness (QED) is 0.142. The molecule has 9 heteroatoms. The maximum atomic E-state index is 12.4. The van der Waals surface area contributed by atoms with Gasteiger partial charge in [0.2, 0.25) is 5.91 Å². The van der Waals surface area contributed by atoms with E-state index in [1.807, 2.05) is 0 Å². The van der Waals surface area contributed by atoms with Crippen LogP contribution in [-0.2, 0) is 9.59 Å². The molecule has 0 aliphatic rings. The van der Waals surface area contributed by atoms with Gasteiger partial charge in [-0.25, -0.2) is 0 Å². The van der Waals surface area contributed by atoms with E-state index in [0.717, 1.165) is 32.1 Å². The van der Waals surface area contributed by atoms with Crippen LogP contribution in [0.4, 0.5) is 0 Å². The number of primary amides is 1. The lowest BCUT2D eigenvalue weighted by atomic mass is 9.92. The van der Waals surface area contributed by atoms with Crippen LogP contribution < -0.4 is 27.8 Å². The Kier molecular flexibility index (Phi) is 17.4. The summed E-state index contributed by atoms with van der Waals surface area (Å²) < 4.78 is 0. The number of Topliss-reactive ketones (excluding diaryl/α,β-unsaturated/α-hetero) is 1. The number of amides is 3. The van der Waals surface area contributed by atoms with Gasteiger partial charge in [0.05, 0.1) is 12.6 Å². The topological polar surface area (TPSA) is 170 Å². The first-order chi connectivity index (χ1) is 18.8. The van der Waals surface area contributed by atoms with Crippen LogP contribution >= 0.6 is 0 Å². The lowest BCUT2D eigenvalue weighted by molar-refractivity contribution is -0.128. The van der Waals surface area contributed by atoms with E-state index in [1.165, 1.54) is 0 Å². The summed E-state index contributed by atoms with van der Waals surface area (Å²) in [6, 6.07) is 5.72. The number of carbonyl (C=O) groups excluding carboxylic acids is 4. The summed E-state index contributed by atoms with van der Waals surface area (Å²) in [6.07, 6.45) is 6.80. The predicted octanol–water partition coefficient (Wildman–Crippen LogP) is 2.03. The number of benzene rings is 1. The Morgan fingerprint density at radius 1 is 0.846 bits per heavy atom. The lowest BCUT2D eigenvalue weighted by Gasteiger charge is -2.16. The Morgan fingerprint density at radius 2 is 1.46 bits per heavy atom. The van der Waals surface area contributed by atoms with Gasteiger partial charge in [-0.2, -0.15) is 0 Å². The van der Waals surface area contributed by atoms with E-state index >= 15 is 0 Å². The second kappa shape index (κ2) is 20.3. The molecule has 0 aromatic heterocycles. The van der Waals surface area contributed by atoms with Crippen LogP contribution in [0.15, 0.2) is 24.3 Å². The monoisotopic (exact) mass is 537 g/mol. The number of hydrogen-bond donors (Lipinski definition) is 5. The molecule has 3 amide bonds. The average molecular weight is 538 g/mol. The van der Waals surface area contributed by atoms with Crippen LogP contribution in [0, 0.1) is 29.6 Å². The van der Waals surface area contributed by atoms with Crippen molar-refractivity contribution < 1.29 is 19.2 Å². The number of hydrogen-bond acceptors (Lipinski definition) is 6. The molecule has 0 spiro atoms. The molecule has 1 aromatic carbocycles. The second-order valence-corrected chi connectivity index (χ2v) is 9.38. The molecule has 0 heterocycles. The minimum Gasteiger partial charge on any atom is -0.369 e. The van der Waals surface area contributed by atoms with Crippen molar-refractivity contribution in [2.75, 3.05) is 19.6 Å². The smallest absolute Gasteiger partial charge is 0.252 e. The van der Waals surface area contributed by atoms with Crippen LogP contribution in [0.5, 0.6) is 0 Å². The van der Waals surface area contributed by atoms with E-state index in [2.05, 4.69) is 41.2 Å². The number of rotatable bonds is 18. The number of carbonyl (C=O) groups is 4. The van der Waals surface area contributed by atoms with Gasteiger partial charge in [-0.1, -0.05) is 38.0 Å². The first-order valence-electron chi connectivity index (χ1n) is 13.7. The van der Waals surface area contributed by atoms with Crippen molar-refractivity contribution >= 4 is 23.5 Å². The lowest BCUT2D eigenvalue weighted by Crippen LogP contribution is -2.35. The molecule has 0 saturated carbocycles. The van der Waals surface area contributed by atoms with Crippen LogP contribution in [0.2, 0.25) is 0 Å². The molecular formula is C30H43N5O4. The molecule has 9 nitrogen and oxygen atoms in total. The zero-order valence-corrected chi connectivity index (χ0v) is 23.0. The minimum absolute atomic E-state index is 0.0329. The van der Waals surface area contributed by atoms with Gasteiger partial charge in [-0.15, -0.1) is 0 Å². The highest BCUT2D eigenvalue weighted by atomic mass is 16.2. The minimum atomic E-state index is -0.608. The average Bonchev–Trinajstić information content (AvgIpc) is 2.93. The molecule has 0 bridgehead atoms. The van der Waals surface area contributed by atoms with Crippen molar-refractivity contribution in [2.24, 2.45) is 23.1 Å². The Hall–Kier alpha value is -3.66. The molecule has 2 atom stereocenters. The summed E-state index contributed by atoms with van der Waals surface area (Å²) in [5.74, 6) is 9.41. The zero-order valence-electron chi connectivity index (χ0n) is 23.0. The molecule has 8 N–H and O–H groups in total. The molecule has 0 saturated heterocycles. The molecule has 0 radical (unpaired) electrons. The van der Waals surface area contributed by atoms with Crippen molar-refractivity contribution in [1.29, 1.82) is 0 Å². The van der Waals surface area contributed by atoms with Gasteiger partial charge in [0.25, 0.3) is 11.8 Å². The van der Waals surface area contributed by atoms with Crippen LogP contribution in [0.3, 0.4) is 0 Å². The van der Waals surface area contributed by atoms with Gasteiger partial charge < -0.3 is 27.8 Å². The van der Waals surface area contributed by atoms with Crippen molar-refractivity contribution in [2.45, 2.75) is 77.2 Å². The van der Waals surface area contributed by atoms with Gasteiger partial charge in [0.15, 0.2) is 0 Å². The Bertz CT molecular complexity index is 1050. The van der Waals surface area contributed by atoms with Gasteiger partial charge >= 0.3 is 0 Å². The van der Waals surface area contributed by atoms with Gasteiger partial charge in [-0.3, -0.25) is 19.2 Å². The van der Waals surface area contributed by atoms with Crippen molar-refractivity contribution in [3.8, 4) is 23.7 Å². The Labute approximate surface area is 232 Å². The van der Waals surface area contributed by atoms with E-state index < -0.39 is 17.9 Å². The van der Waals surface area contributed by atoms with E-state index in [1.54, 1.807) is 24.3 Å². The highest BCUT2D eigenvalue weighted by molar-refractivity contribution is 5.97. The fourth-order valence-corrected chi connectivity index (χ4v) is 3.69. The Balaban J connectivity index is 2.37. The summed E-state index contributed by atoms with van der Waals surface area (Å²) in [7, 11) is 0. The number of nitrogens with two attached hydrogens (primary N) is 3. The third kappa shape index (κ3) is 14.8. The number of nitrogens with one attached hydrogen (secondary N) is 2. The van der Waals surface area contributed by atoms with Gasteiger partial charge in [0.1, 0.15) is 5.78 Å². The highest BCUT2D eigenvalue weighted by Crippen LogP contribution is 2.15. The van der Waals surface area contributed by atoms with E-state index in [0.29, 0.717) is 49.9 Å². The van der Waals surface area contributed by atoms with Crippen LogP contribution in [0.1, 0.15) is 91.8 Å². The van der Waals surface area contributed by atoms with Crippen molar-refractivity contribution in [3.63, 3.8) is 0 Å². The molecule has 0 aliphatic carbocycles. The predicted molar refractivity (Wildman–Crippen MR) is 153 cm³/mol. The highest BCUT2D eigenvalue weighted by Gasteiger charge is 2.22. The largest absolute Gasteiger partial charge is 0.369 e. The van der Waals surface area contributed by atoms with Gasteiger partial charge in [0, 0.05) is 36.4 Å². The van der Waals surface area contributed by atoms with Gasteiger partial charge in [-0.05, 0) is 74.8 Å². The molecule has 0 fully saturated rings. The molecule has 0 aliphatic heterocycles. The van der Waals surface area contributed by atoms with E-state index in [4.69, 9.17) is 17.2 Å². The normalized spacial score (nSPS) is 11.7. The molecule has 2 unspecified atom stereocenters. The first kappa shape index (κ1) is 33.4. The van der Waals surface area contributed by atoms with Crippen molar-refractivity contribution in [1.82, 2.24) is 10.6 Å². The van der Waals surface area contributed by atoms with Crippen LogP contribution in [0.25, 0.3) is 0 Å². The van der Waals surface area contributed by atoms with Crippen molar-refractivity contribution in [3.05, 3.63) is 35.4 Å². The fraction of sp³-hybridized carbons (Fsp3) is 0.533. The second-order valence-electron chi connectivity index (χ2n) is 9.38. The van der Waals surface area contributed by atoms with E-state index in [-0.39, 0.29) is 30.6 Å². The molecule has 212 valence electrons. The Morgan fingerprint density at radius 3 is 2.08 bits per heavy atom. The first-order valence-corrected chi connectivity index (χ1v) is 13.7. The van der Waals surface area contributed by atoms with E-state index in [9.17, 15) is 19.2 Å². The molecular weight excluding hydrogens is 494 g/mol. The SMILES string of the molecule is CCCCC#CC#CCNC(=O)c1ccc(C(=O)NCCCCC(CC(=O)C(N)CCCCN)C(N)=O)cc1. The summed E-state index contributed by atoms with van der Waals surface area (Å²) >= 11 is 0. The summed E-state index contributed by atoms with van der Waals surface area (Å²) in [6.45, 7) is 3.25. The number of ketones is 1. The fourth-order valence-electron chi connectivity index (χ4n) is 3.69. The third-order valence-electron chi connectivity index (χ3n) is 6.14. The maximum Gasteiger partial charge on any atom is 0.252 e. The summed E-state index contributed by atoms with van der Waals surface area (Å²) in [4.78, 5) is 48.7. The molecule has 1 aromatic rings. The standard InChI is InChI=1S/C30H43N5O4/c1-2-3-4-5-6-7-11-20-34-29(38)23-15-17-24(18-16-23)30(39)35-21-12-9-13-25(28(33)37)22-27(36)26(32)14-8-10-19-31/h15-18,25-26H,2-4,8-10,12-14,19-22,31-32H2,1H3,(H2,33,37)(H,34,38)(H,35,39). The van der Waals surface area contributed by atoms with Crippen LogP contribution in [-0.4, -0.2) is 49.2 Å². The third-order valence-corrected chi connectivity index (χ3v) is 6.14. The maximum absolute atomic E-state index is 12.4. The molecule has 39 heavy (non-hydrogen) atoms. The molecule has 1 rings (SSSR count). The summed E-state index contributed by atoms with van der Waals surface area (Å²) in [5.41, 5.74) is 17.7.